The molecule has 0 atom stereocenters. The van der Waals surface area contributed by atoms with Gasteiger partial charge in [-0.3, -0.25) is 4.98 Å². The monoisotopic (exact) mass is 372 g/mol. The molecule has 0 fully saturated rings. The Labute approximate surface area is 151 Å². The van der Waals surface area contributed by atoms with E-state index < -0.39 is 6.43 Å². The van der Waals surface area contributed by atoms with Gasteiger partial charge in [-0.05, 0) is 35.9 Å². The van der Waals surface area contributed by atoms with Crippen LogP contribution in [-0.2, 0) is 0 Å². The van der Waals surface area contributed by atoms with Gasteiger partial charge in [0.25, 0.3) is 6.43 Å². The van der Waals surface area contributed by atoms with Gasteiger partial charge in [-0.15, -0.1) is 3.89 Å². The van der Waals surface area contributed by atoms with Crippen molar-refractivity contribution in [3.63, 3.8) is 0 Å². The molecule has 0 spiro atoms. The minimum absolute atomic E-state index is 0.0231. The number of fused-ring (bicyclic) bond motifs is 1. The van der Waals surface area contributed by atoms with E-state index in [-0.39, 0.29) is 18.0 Å². The number of aromatic nitrogens is 4. The maximum Gasteiger partial charge on any atom is 0.280 e. The van der Waals surface area contributed by atoms with E-state index in [0.29, 0.717) is 16.9 Å². The number of nitrogens with zero attached hydrogens (tertiary/aromatic N) is 4. The van der Waals surface area contributed by atoms with Crippen molar-refractivity contribution in [1.82, 2.24) is 19.2 Å². The second-order valence-electron chi connectivity index (χ2n) is 5.51. The fraction of sp³-hybridized carbons (Fsp3) is 0.0556. The highest BCUT2D eigenvalue weighted by molar-refractivity contribution is 7.92. The summed E-state index contributed by atoms with van der Waals surface area (Å²) in [4.78, 5) is 8.36. The van der Waals surface area contributed by atoms with E-state index in [1.807, 2.05) is 18.2 Å². The third kappa shape index (κ3) is 2.92. The molecule has 0 saturated heterocycles. The van der Waals surface area contributed by atoms with Gasteiger partial charge in [0.1, 0.15) is 5.69 Å². The van der Waals surface area contributed by atoms with Gasteiger partial charge < -0.3 is 0 Å². The average Bonchev–Trinajstić information content (AvgIpc) is 3.10. The minimum Gasteiger partial charge on any atom is -0.254 e. The predicted octanol–water partition coefficient (Wildman–Crippen LogP) is 5.48. The van der Waals surface area contributed by atoms with Crippen molar-refractivity contribution in [1.29, 1.82) is 0 Å². The van der Waals surface area contributed by atoms with Gasteiger partial charge in [-0.1, -0.05) is 18.2 Å². The molecule has 0 aliphatic carbocycles. The number of benzene rings is 1. The molecule has 8 heteroatoms. The summed E-state index contributed by atoms with van der Waals surface area (Å²) in [6.07, 6.45) is 0.505. The lowest BCUT2D eigenvalue weighted by atomic mass is 10.0. The summed E-state index contributed by atoms with van der Waals surface area (Å²) in [5.41, 5.74) is 2.78. The molecule has 0 unspecified atom stereocenters. The van der Waals surface area contributed by atoms with Crippen LogP contribution in [0.2, 0.25) is 0 Å². The second-order valence-corrected chi connectivity index (χ2v) is 5.99. The molecule has 3 aromatic heterocycles. The fourth-order valence-corrected chi connectivity index (χ4v) is 3.10. The quantitative estimate of drug-likeness (QED) is 0.476. The maximum absolute atomic E-state index is 13.0. The first kappa shape index (κ1) is 16.6. The van der Waals surface area contributed by atoms with Crippen LogP contribution in [0.25, 0.3) is 33.4 Å². The van der Waals surface area contributed by atoms with Crippen LogP contribution in [-0.4, -0.2) is 19.2 Å². The zero-order valence-corrected chi connectivity index (χ0v) is 14.0. The predicted molar refractivity (Wildman–Crippen MR) is 95.2 cm³/mol. The fourth-order valence-electron chi connectivity index (χ4n) is 2.78. The third-order valence-electron chi connectivity index (χ3n) is 3.96. The molecule has 3 heterocycles. The standard InChI is InChI=1S/C18H11F3N4S/c19-18(20)15-5-1-4-14(24-15)17-13(3-2-8-22-17)11-6-7-16-12(9-11)10-23-25(16)26-21/h1-10,18H. The Balaban J connectivity index is 1.85. The Morgan fingerprint density at radius 3 is 2.73 bits per heavy atom. The van der Waals surface area contributed by atoms with Crippen molar-refractivity contribution < 1.29 is 12.7 Å². The van der Waals surface area contributed by atoms with Crippen LogP contribution in [0.5, 0.6) is 0 Å². The van der Waals surface area contributed by atoms with Crippen molar-refractivity contribution >= 4 is 23.2 Å². The van der Waals surface area contributed by atoms with E-state index in [4.69, 9.17) is 0 Å². The smallest absolute Gasteiger partial charge is 0.254 e. The third-order valence-corrected chi connectivity index (χ3v) is 4.38. The molecule has 0 radical (unpaired) electrons. The Morgan fingerprint density at radius 1 is 1.04 bits per heavy atom. The van der Waals surface area contributed by atoms with E-state index >= 15 is 0 Å². The minimum atomic E-state index is -2.65. The highest BCUT2D eigenvalue weighted by Gasteiger charge is 2.14. The molecule has 0 N–H and O–H groups in total. The summed E-state index contributed by atoms with van der Waals surface area (Å²) in [6, 6.07) is 13.5. The first-order valence-corrected chi connectivity index (χ1v) is 8.32. The molecule has 1 aromatic carbocycles. The van der Waals surface area contributed by atoms with Crippen molar-refractivity contribution in [2.24, 2.45) is 0 Å². The van der Waals surface area contributed by atoms with Crippen molar-refractivity contribution in [3.8, 4) is 22.5 Å². The van der Waals surface area contributed by atoms with Crippen LogP contribution in [0.15, 0.2) is 60.9 Å². The van der Waals surface area contributed by atoms with Gasteiger partial charge in [-0.2, -0.15) is 9.19 Å². The molecule has 0 amide bonds. The number of hydrogen-bond acceptors (Lipinski definition) is 4. The largest absolute Gasteiger partial charge is 0.280 e. The molecule has 0 saturated carbocycles. The van der Waals surface area contributed by atoms with E-state index in [1.54, 1.807) is 30.6 Å². The first-order valence-electron chi connectivity index (χ1n) is 7.65. The van der Waals surface area contributed by atoms with Crippen LogP contribution >= 0.6 is 12.3 Å². The second kappa shape index (κ2) is 6.80. The van der Waals surface area contributed by atoms with Gasteiger partial charge >= 0.3 is 0 Å². The molecule has 4 nitrogen and oxygen atoms in total. The zero-order valence-electron chi connectivity index (χ0n) is 13.2. The van der Waals surface area contributed by atoms with Gasteiger partial charge in [0.2, 0.25) is 0 Å². The average molecular weight is 372 g/mol. The van der Waals surface area contributed by atoms with Crippen LogP contribution in [0.3, 0.4) is 0 Å². The molecule has 0 aliphatic heterocycles. The Hall–Kier alpha value is -2.87. The van der Waals surface area contributed by atoms with Crippen molar-refractivity contribution in [2.45, 2.75) is 6.43 Å². The van der Waals surface area contributed by atoms with Crippen LogP contribution in [0.1, 0.15) is 12.1 Å². The topological polar surface area (TPSA) is 43.6 Å². The van der Waals surface area contributed by atoms with Gasteiger partial charge in [0.15, 0.2) is 12.3 Å². The van der Waals surface area contributed by atoms with E-state index in [0.717, 1.165) is 16.5 Å². The Kier molecular flexibility index (Phi) is 4.34. The summed E-state index contributed by atoms with van der Waals surface area (Å²) >= 11 is 0.0231. The molecular weight excluding hydrogens is 361 g/mol. The molecule has 0 aliphatic rings. The normalized spacial score (nSPS) is 11.4. The summed E-state index contributed by atoms with van der Waals surface area (Å²) in [5, 5.41) is 4.71. The van der Waals surface area contributed by atoms with Gasteiger partial charge in [-0.25, -0.2) is 13.8 Å². The molecule has 4 aromatic rings. The summed E-state index contributed by atoms with van der Waals surface area (Å²) in [6.45, 7) is 0. The lowest BCUT2D eigenvalue weighted by molar-refractivity contribution is 0.146. The van der Waals surface area contributed by atoms with E-state index in [2.05, 4.69) is 15.1 Å². The van der Waals surface area contributed by atoms with Crippen LogP contribution in [0, 0.1) is 0 Å². The molecule has 0 bridgehead atoms. The van der Waals surface area contributed by atoms with Gasteiger partial charge in [0, 0.05) is 17.1 Å². The van der Waals surface area contributed by atoms with E-state index in [9.17, 15) is 12.7 Å². The molecule has 4 rings (SSSR count). The van der Waals surface area contributed by atoms with Crippen LogP contribution in [0.4, 0.5) is 12.7 Å². The first-order chi connectivity index (χ1) is 12.7. The molecular formula is C18H11F3N4S. The van der Waals surface area contributed by atoms with Crippen molar-refractivity contribution in [3.05, 3.63) is 66.6 Å². The summed E-state index contributed by atoms with van der Waals surface area (Å²) < 4.78 is 40.0. The summed E-state index contributed by atoms with van der Waals surface area (Å²) in [5.74, 6) is 0. The number of halogens is 3. The van der Waals surface area contributed by atoms with Gasteiger partial charge in [0.05, 0.1) is 23.1 Å². The van der Waals surface area contributed by atoms with Crippen molar-refractivity contribution in [2.75, 3.05) is 0 Å². The lowest BCUT2D eigenvalue weighted by Crippen LogP contribution is -1.95. The number of alkyl halides is 2. The summed E-state index contributed by atoms with van der Waals surface area (Å²) in [7, 11) is 0. The Morgan fingerprint density at radius 2 is 1.92 bits per heavy atom. The lowest BCUT2D eigenvalue weighted by Gasteiger charge is -2.10. The SMILES string of the molecule is FSn1ncc2cc(-c3cccnc3-c3cccc(C(F)F)n3)ccc21. The zero-order chi connectivity index (χ0) is 18.1. The molecule has 26 heavy (non-hydrogen) atoms. The maximum atomic E-state index is 13.0. The number of pyridine rings is 2. The Bertz CT molecular complexity index is 1080. The highest BCUT2D eigenvalue weighted by Crippen LogP contribution is 2.32. The number of hydrogen-bond donors (Lipinski definition) is 0. The highest BCUT2D eigenvalue weighted by atomic mass is 32.2. The molecule has 130 valence electrons. The van der Waals surface area contributed by atoms with Crippen LogP contribution < -0.4 is 0 Å². The van der Waals surface area contributed by atoms with E-state index in [1.165, 1.54) is 16.2 Å². The number of rotatable bonds is 4.